The number of rotatable bonds is 5. The molecule has 1 heterocycles. The number of anilines is 1. The van der Waals surface area contributed by atoms with E-state index in [1.807, 2.05) is 30.3 Å². The van der Waals surface area contributed by atoms with E-state index in [1.54, 1.807) is 0 Å². The Labute approximate surface area is 103 Å². The van der Waals surface area contributed by atoms with Gasteiger partial charge in [0.05, 0.1) is 0 Å². The van der Waals surface area contributed by atoms with Crippen LogP contribution in [-0.2, 0) is 11.4 Å². The molecule has 0 radical (unpaired) electrons. The van der Waals surface area contributed by atoms with Crippen molar-refractivity contribution in [3.05, 3.63) is 58.4 Å². The summed E-state index contributed by atoms with van der Waals surface area (Å²) in [7, 11) is 0. The van der Waals surface area contributed by atoms with Gasteiger partial charge in [-0.3, -0.25) is 9.59 Å². The maximum Gasteiger partial charge on any atom is 0.225 e. The third kappa shape index (κ3) is 2.76. The zero-order valence-electron chi connectivity index (χ0n) is 9.55. The van der Waals surface area contributed by atoms with Gasteiger partial charge >= 0.3 is 0 Å². The number of aromatic amines is 1. The first-order valence-corrected chi connectivity index (χ1v) is 5.40. The number of benzene rings is 1. The second-order valence-electron chi connectivity index (χ2n) is 3.58. The Morgan fingerprint density at radius 1 is 1.22 bits per heavy atom. The first-order chi connectivity index (χ1) is 8.81. The van der Waals surface area contributed by atoms with Crippen molar-refractivity contribution in [2.45, 2.75) is 6.61 Å². The minimum atomic E-state index is -0.283. The predicted octanol–water partition coefficient (Wildman–Crippen LogP) is 1.52. The van der Waals surface area contributed by atoms with Crippen molar-refractivity contribution in [2.75, 3.05) is 5.32 Å². The van der Waals surface area contributed by atoms with Crippen LogP contribution in [0.15, 0.2) is 47.4 Å². The molecule has 0 saturated carbocycles. The number of aromatic nitrogens is 1. The number of H-pyrrole nitrogens is 1. The lowest BCUT2D eigenvalue weighted by Crippen LogP contribution is -2.11. The quantitative estimate of drug-likeness (QED) is 0.783. The van der Waals surface area contributed by atoms with Crippen LogP contribution in [0, 0.1) is 0 Å². The van der Waals surface area contributed by atoms with Crippen LogP contribution >= 0.6 is 0 Å². The molecule has 0 fully saturated rings. The molecule has 0 bridgehead atoms. The number of hydrogen-bond acceptors (Lipinski definition) is 3. The molecule has 0 aliphatic heterocycles. The summed E-state index contributed by atoms with van der Waals surface area (Å²) in [6.07, 6.45) is 1.93. The summed E-state index contributed by atoms with van der Waals surface area (Å²) >= 11 is 0. The van der Waals surface area contributed by atoms with Crippen LogP contribution in [0.3, 0.4) is 0 Å². The fraction of sp³-hybridized carbons (Fsp3) is 0.0769. The van der Waals surface area contributed by atoms with Gasteiger partial charge in [-0.25, -0.2) is 0 Å². The molecule has 1 amide bonds. The molecule has 1 aromatic carbocycles. The minimum absolute atomic E-state index is 0.105. The molecular weight excluding hydrogens is 232 g/mol. The van der Waals surface area contributed by atoms with E-state index in [0.29, 0.717) is 6.41 Å². The Kier molecular flexibility index (Phi) is 3.76. The fourth-order valence-corrected chi connectivity index (χ4v) is 1.50. The smallest absolute Gasteiger partial charge is 0.225 e. The van der Waals surface area contributed by atoms with Crippen LogP contribution < -0.4 is 15.5 Å². The molecule has 0 aliphatic rings. The van der Waals surface area contributed by atoms with E-state index < -0.39 is 0 Å². The van der Waals surface area contributed by atoms with Crippen LogP contribution in [-0.4, -0.2) is 11.4 Å². The van der Waals surface area contributed by atoms with Gasteiger partial charge in [0.15, 0.2) is 5.82 Å². The van der Waals surface area contributed by atoms with Gasteiger partial charge in [0.2, 0.25) is 17.6 Å². The van der Waals surface area contributed by atoms with Crippen molar-refractivity contribution in [1.82, 2.24) is 4.98 Å². The average molecular weight is 244 g/mol. The second-order valence-corrected chi connectivity index (χ2v) is 3.58. The molecule has 5 heteroatoms. The lowest BCUT2D eigenvalue weighted by Gasteiger charge is -2.09. The summed E-state index contributed by atoms with van der Waals surface area (Å²) in [5.74, 6) is 0.363. The van der Waals surface area contributed by atoms with Crippen molar-refractivity contribution in [2.24, 2.45) is 0 Å². The van der Waals surface area contributed by atoms with Crippen molar-refractivity contribution < 1.29 is 9.53 Å². The van der Waals surface area contributed by atoms with E-state index in [0.717, 1.165) is 5.56 Å². The topological polar surface area (TPSA) is 71.2 Å². The normalized spacial score (nSPS) is 9.78. The second kappa shape index (κ2) is 5.67. The van der Waals surface area contributed by atoms with Gasteiger partial charge in [0.25, 0.3) is 0 Å². The first kappa shape index (κ1) is 11.9. The fourth-order valence-electron chi connectivity index (χ4n) is 1.50. The monoisotopic (exact) mass is 244 g/mol. The van der Waals surface area contributed by atoms with E-state index in [1.165, 1.54) is 12.3 Å². The highest BCUT2D eigenvalue weighted by Gasteiger charge is 2.07. The summed E-state index contributed by atoms with van der Waals surface area (Å²) in [5.41, 5.74) is 0.659. The number of amides is 1. The third-order valence-corrected chi connectivity index (χ3v) is 2.34. The van der Waals surface area contributed by atoms with Gasteiger partial charge < -0.3 is 15.0 Å². The third-order valence-electron chi connectivity index (χ3n) is 2.34. The Hall–Kier alpha value is -2.56. The van der Waals surface area contributed by atoms with Gasteiger partial charge in [-0.05, 0) is 5.56 Å². The van der Waals surface area contributed by atoms with Crippen LogP contribution in [0.2, 0.25) is 0 Å². The number of hydrogen-bond donors (Lipinski definition) is 2. The number of ether oxygens (including phenoxy) is 1. The molecule has 2 rings (SSSR count). The summed E-state index contributed by atoms with van der Waals surface area (Å²) in [4.78, 5) is 24.8. The maximum atomic E-state index is 11.6. The molecule has 0 spiro atoms. The molecule has 2 N–H and O–H groups in total. The van der Waals surface area contributed by atoms with Gasteiger partial charge in [-0.2, -0.15) is 0 Å². The molecule has 0 saturated heterocycles. The van der Waals surface area contributed by atoms with Crippen LogP contribution in [0.5, 0.6) is 5.75 Å². The Morgan fingerprint density at radius 3 is 2.72 bits per heavy atom. The Bertz CT molecular complexity index is 578. The molecule has 5 nitrogen and oxygen atoms in total. The van der Waals surface area contributed by atoms with Crippen molar-refractivity contribution in [3.63, 3.8) is 0 Å². The number of carbonyl (C=O) groups is 1. The highest BCUT2D eigenvalue weighted by molar-refractivity contribution is 5.72. The number of nitrogens with one attached hydrogen (secondary N) is 2. The highest BCUT2D eigenvalue weighted by Crippen LogP contribution is 2.16. The van der Waals surface area contributed by atoms with E-state index in [-0.39, 0.29) is 23.6 Å². The van der Waals surface area contributed by atoms with Crippen LogP contribution in [0.25, 0.3) is 0 Å². The van der Waals surface area contributed by atoms with Gasteiger partial charge in [0.1, 0.15) is 6.61 Å². The molecular formula is C13H12N2O3. The maximum absolute atomic E-state index is 11.6. The van der Waals surface area contributed by atoms with Crippen molar-refractivity contribution in [1.29, 1.82) is 0 Å². The molecule has 0 unspecified atom stereocenters. The summed E-state index contributed by atoms with van der Waals surface area (Å²) in [6, 6.07) is 10.8. The van der Waals surface area contributed by atoms with Gasteiger partial charge in [0, 0.05) is 12.3 Å². The Morgan fingerprint density at radius 2 is 2.00 bits per heavy atom. The van der Waals surface area contributed by atoms with Crippen molar-refractivity contribution in [3.8, 4) is 5.75 Å². The first-order valence-electron chi connectivity index (χ1n) is 5.40. The SMILES string of the molecule is O=CNc1[nH]ccc(=O)c1OCc1ccccc1. The van der Waals surface area contributed by atoms with Crippen LogP contribution in [0.1, 0.15) is 5.56 Å². The minimum Gasteiger partial charge on any atom is -0.481 e. The van der Waals surface area contributed by atoms with Crippen LogP contribution in [0.4, 0.5) is 5.82 Å². The average Bonchev–Trinajstić information content (AvgIpc) is 2.40. The van der Waals surface area contributed by atoms with E-state index >= 15 is 0 Å². The Balaban J connectivity index is 2.18. The van der Waals surface area contributed by atoms with Gasteiger partial charge in [-0.1, -0.05) is 30.3 Å². The van der Waals surface area contributed by atoms with E-state index in [2.05, 4.69) is 10.3 Å². The summed E-state index contributed by atoms with van der Waals surface area (Å²) in [6.45, 7) is 0.265. The lowest BCUT2D eigenvalue weighted by molar-refractivity contribution is -0.105. The molecule has 0 atom stereocenters. The molecule has 0 aliphatic carbocycles. The zero-order valence-corrected chi connectivity index (χ0v) is 9.55. The van der Waals surface area contributed by atoms with E-state index in [4.69, 9.17) is 4.74 Å². The number of pyridine rings is 1. The largest absolute Gasteiger partial charge is 0.481 e. The standard InChI is InChI=1S/C13H12N2O3/c16-9-15-13-12(11(17)6-7-14-13)18-8-10-4-2-1-3-5-10/h1-7,9H,8H2,(H2,14,15,16,17). The molecule has 1 aromatic heterocycles. The molecule has 2 aromatic rings. The lowest BCUT2D eigenvalue weighted by atomic mass is 10.2. The molecule has 92 valence electrons. The van der Waals surface area contributed by atoms with E-state index in [9.17, 15) is 9.59 Å². The zero-order chi connectivity index (χ0) is 12.8. The highest BCUT2D eigenvalue weighted by atomic mass is 16.5. The number of carbonyl (C=O) groups excluding carboxylic acids is 1. The summed E-state index contributed by atoms with van der Waals surface area (Å²) < 4.78 is 5.44. The molecule has 18 heavy (non-hydrogen) atoms. The predicted molar refractivity (Wildman–Crippen MR) is 67.5 cm³/mol. The van der Waals surface area contributed by atoms with Gasteiger partial charge in [-0.15, -0.1) is 0 Å². The summed E-state index contributed by atoms with van der Waals surface area (Å²) in [5, 5.41) is 2.39. The van der Waals surface area contributed by atoms with Crippen molar-refractivity contribution >= 4 is 12.2 Å².